The minimum absolute atomic E-state index is 0.00724. The van der Waals surface area contributed by atoms with Crippen molar-refractivity contribution in [3.8, 4) is 5.75 Å². The Balaban J connectivity index is 1.55. The zero-order valence-corrected chi connectivity index (χ0v) is 22.4. The van der Waals surface area contributed by atoms with Crippen LogP contribution in [0.3, 0.4) is 0 Å². The molecule has 0 aromatic heterocycles. The highest BCUT2D eigenvalue weighted by Crippen LogP contribution is 2.32. The van der Waals surface area contributed by atoms with Crippen LogP contribution in [0.1, 0.15) is 72.3 Å². The Morgan fingerprint density at radius 3 is 2.28 bits per heavy atom. The predicted octanol–water partition coefficient (Wildman–Crippen LogP) is 6.68. The quantitative estimate of drug-likeness (QED) is 0.406. The highest BCUT2D eigenvalue weighted by molar-refractivity contribution is 5.94. The van der Waals surface area contributed by atoms with Crippen LogP contribution >= 0.6 is 0 Å². The molecule has 0 aliphatic carbocycles. The van der Waals surface area contributed by atoms with Gasteiger partial charge in [-0.15, -0.1) is 0 Å². The number of carbonyl (C=O) groups excluding carboxylic acids is 1. The van der Waals surface area contributed by atoms with Gasteiger partial charge in [0.05, 0.1) is 13.2 Å². The first-order valence-corrected chi connectivity index (χ1v) is 13.1. The number of nitrogens with one attached hydrogen (secondary N) is 1. The largest absolute Gasteiger partial charge is 0.497 e. The van der Waals surface area contributed by atoms with Crippen molar-refractivity contribution in [2.75, 3.05) is 20.2 Å². The number of nitrogens with zero attached hydrogens (tertiary/aromatic N) is 1. The van der Waals surface area contributed by atoms with Gasteiger partial charge in [-0.2, -0.15) is 0 Å². The van der Waals surface area contributed by atoms with Gasteiger partial charge in [-0.25, -0.2) is 0 Å². The second-order valence-corrected chi connectivity index (χ2v) is 11.2. The maximum atomic E-state index is 13.3. The Bertz CT molecular complexity index is 1130. The smallest absolute Gasteiger partial charge is 0.251 e. The van der Waals surface area contributed by atoms with Crippen LogP contribution in [-0.2, 0) is 12.0 Å². The van der Waals surface area contributed by atoms with Gasteiger partial charge in [0.1, 0.15) is 5.75 Å². The summed E-state index contributed by atoms with van der Waals surface area (Å²) in [6.45, 7) is 11.7. The SMILES string of the molecule is COc1ccc(CN2CCCC(C(NC(=O)c3ccc(C)cc3)c3ccc(C(C)(C)C)cc3)C2)cc1. The molecule has 0 radical (unpaired) electrons. The molecular formula is C32H40N2O2. The molecule has 0 saturated carbocycles. The number of hydrogen-bond acceptors (Lipinski definition) is 3. The van der Waals surface area contributed by atoms with Crippen LogP contribution in [0.15, 0.2) is 72.8 Å². The Morgan fingerprint density at radius 2 is 1.67 bits per heavy atom. The van der Waals surface area contributed by atoms with E-state index in [1.165, 1.54) is 16.7 Å². The summed E-state index contributed by atoms with van der Waals surface area (Å²) in [5.74, 6) is 1.21. The summed E-state index contributed by atoms with van der Waals surface area (Å²) in [7, 11) is 1.70. The number of piperidine rings is 1. The van der Waals surface area contributed by atoms with E-state index in [0.717, 1.165) is 43.8 Å². The van der Waals surface area contributed by atoms with Gasteiger partial charge < -0.3 is 10.1 Å². The van der Waals surface area contributed by atoms with E-state index in [-0.39, 0.29) is 17.4 Å². The molecule has 1 fully saturated rings. The summed E-state index contributed by atoms with van der Waals surface area (Å²) in [5.41, 5.74) is 5.73. The van der Waals surface area contributed by atoms with Gasteiger partial charge in [0.25, 0.3) is 5.91 Å². The molecule has 0 bridgehead atoms. The number of ether oxygens (including phenoxy) is 1. The number of aryl methyl sites for hydroxylation is 1. The van der Waals surface area contributed by atoms with Gasteiger partial charge in [0, 0.05) is 18.7 Å². The topological polar surface area (TPSA) is 41.6 Å². The number of rotatable bonds is 7. The molecule has 2 atom stereocenters. The molecule has 190 valence electrons. The van der Waals surface area contributed by atoms with Crippen LogP contribution in [0.4, 0.5) is 0 Å². The maximum Gasteiger partial charge on any atom is 0.251 e. The van der Waals surface area contributed by atoms with E-state index in [9.17, 15) is 4.79 Å². The maximum absolute atomic E-state index is 13.3. The van der Waals surface area contributed by atoms with Crippen LogP contribution in [0.5, 0.6) is 5.75 Å². The van der Waals surface area contributed by atoms with Crippen molar-refractivity contribution >= 4 is 5.91 Å². The standard InChI is InChI=1S/C32H40N2O2/c1-23-8-12-26(13-9-23)31(35)33-30(25-14-16-28(17-15-25)32(2,3)4)27-7-6-20-34(22-27)21-24-10-18-29(36-5)19-11-24/h8-19,27,30H,6-7,20-22H2,1-5H3,(H,33,35). The molecule has 2 unspecified atom stereocenters. The van der Waals surface area contributed by atoms with Crippen molar-refractivity contribution < 1.29 is 9.53 Å². The highest BCUT2D eigenvalue weighted by Gasteiger charge is 2.30. The fourth-order valence-corrected chi connectivity index (χ4v) is 5.09. The van der Waals surface area contributed by atoms with Gasteiger partial charge in [-0.3, -0.25) is 9.69 Å². The van der Waals surface area contributed by atoms with Crippen LogP contribution in [-0.4, -0.2) is 31.0 Å². The Labute approximate surface area is 216 Å². The lowest BCUT2D eigenvalue weighted by Gasteiger charge is -2.38. The Kier molecular flexibility index (Phi) is 8.15. The van der Waals surface area contributed by atoms with Crippen molar-refractivity contribution in [2.24, 2.45) is 5.92 Å². The summed E-state index contributed by atoms with van der Waals surface area (Å²) in [6.07, 6.45) is 2.22. The predicted molar refractivity (Wildman–Crippen MR) is 148 cm³/mol. The van der Waals surface area contributed by atoms with Crippen molar-refractivity contribution in [3.63, 3.8) is 0 Å². The van der Waals surface area contributed by atoms with Gasteiger partial charge >= 0.3 is 0 Å². The third kappa shape index (κ3) is 6.55. The number of likely N-dealkylation sites (tertiary alicyclic amines) is 1. The average molecular weight is 485 g/mol. The van der Waals surface area contributed by atoms with Crippen LogP contribution < -0.4 is 10.1 Å². The van der Waals surface area contributed by atoms with Gasteiger partial charge in [0.15, 0.2) is 0 Å². The number of amides is 1. The molecule has 1 amide bonds. The molecule has 3 aromatic rings. The van der Waals surface area contributed by atoms with Crippen LogP contribution in [0.25, 0.3) is 0 Å². The summed E-state index contributed by atoms with van der Waals surface area (Å²) < 4.78 is 5.31. The molecule has 3 aromatic carbocycles. The average Bonchev–Trinajstić information content (AvgIpc) is 2.88. The monoisotopic (exact) mass is 484 g/mol. The van der Waals surface area contributed by atoms with E-state index in [1.807, 2.05) is 43.3 Å². The molecule has 4 rings (SSSR count). The summed E-state index contributed by atoms with van der Waals surface area (Å²) in [4.78, 5) is 15.8. The summed E-state index contributed by atoms with van der Waals surface area (Å²) >= 11 is 0. The molecule has 1 aliphatic heterocycles. The summed E-state index contributed by atoms with van der Waals surface area (Å²) in [5, 5.41) is 3.41. The molecular weight excluding hydrogens is 444 g/mol. The third-order valence-electron chi connectivity index (χ3n) is 7.31. The van der Waals surface area contributed by atoms with Crippen molar-refractivity contribution in [3.05, 3.63) is 101 Å². The second-order valence-electron chi connectivity index (χ2n) is 11.2. The van der Waals surface area contributed by atoms with Crippen LogP contribution in [0.2, 0.25) is 0 Å². The third-order valence-corrected chi connectivity index (χ3v) is 7.31. The fourth-order valence-electron chi connectivity index (χ4n) is 5.09. The van der Waals surface area contributed by atoms with Gasteiger partial charge in [0.2, 0.25) is 0 Å². The van der Waals surface area contributed by atoms with Gasteiger partial charge in [-0.05, 0) is 78.6 Å². The van der Waals surface area contributed by atoms with Crippen LogP contribution in [0, 0.1) is 12.8 Å². The highest BCUT2D eigenvalue weighted by atomic mass is 16.5. The van der Waals surface area contributed by atoms with E-state index in [1.54, 1.807) is 7.11 Å². The normalized spacial score (nSPS) is 17.4. The molecule has 36 heavy (non-hydrogen) atoms. The van der Waals surface area contributed by atoms with E-state index in [2.05, 4.69) is 67.4 Å². The minimum atomic E-state index is -0.0357. The first-order chi connectivity index (χ1) is 17.2. The molecule has 1 saturated heterocycles. The Hall–Kier alpha value is -3.11. The fraction of sp³-hybridized carbons (Fsp3) is 0.406. The van der Waals surface area contributed by atoms with Crippen molar-refractivity contribution in [2.45, 2.75) is 58.5 Å². The lowest BCUT2D eigenvalue weighted by molar-refractivity contribution is 0.0878. The molecule has 4 heteroatoms. The number of carbonyl (C=O) groups is 1. The van der Waals surface area contributed by atoms with E-state index in [4.69, 9.17) is 4.74 Å². The second kappa shape index (κ2) is 11.3. The number of benzene rings is 3. The number of hydrogen-bond donors (Lipinski definition) is 1. The molecule has 0 spiro atoms. The van der Waals surface area contributed by atoms with E-state index < -0.39 is 0 Å². The van der Waals surface area contributed by atoms with Crippen molar-refractivity contribution in [1.29, 1.82) is 0 Å². The molecule has 4 nitrogen and oxygen atoms in total. The Morgan fingerprint density at radius 1 is 1.00 bits per heavy atom. The summed E-state index contributed by atoms with van der Waals surface area (Å²) in [6, 6.07) is 25.0. The minimum Gasteiger partial charge on any atom is -0.497 e. The number of methoxy groups -OCH3 is 1. The van der Waals surface area contributed by atoms with Crippen molar-refractivity contribution in [1.82, 2.24) is 10.2 Å². The zero-order valence-electron chi connectivity index (χ0n) is 22.4. The first kappa shape index (κ1) is 26.0. The molecule has 1 aliphatic rings. The van der Waals surface area contributed by atoms with E-state index >= 15 is 0 Å². The molecule has 1 heterocycles. The lowest BCUT2D eigenvalue weighted by Crippen LogP contribution is -2.42. The first-order valence-electron chi connectivity index (χ1n) is 13.1. The zero-order chi connectivity index (χ0) is 25.7. The van der Waals surface area contributed by atoms with Gasteiger partial charge in [-0.1, -0.05) is 74.9 Å². The van der Waals surface area contributed by atoms with E-state index in [0.29, 0.717) is 11.5 Å². The lowest BCUT2D eigenvalue weighted by atomic mass is 9.83. The molecule has 1 N–H and O–H groups in total.